The average Bonchev–Trinajstić information content (AvgIpc) is 2.68. The Bertz CT molecular complexity index is 860. The first kappa shape index (κ1) is 19.1. The molecular weight excluding hydrogens is 338 g/mol. The van der Waals surface area contributed by atoms with Crippen LogP contribution in [0.4, 0.5) is 11.4 Å². The van der Waals surface area contributed by atoms with Gasteiger partial charge in [-0.2, -0.15) is 0 Å². The fraction of sp³-hybridized carbons (Fsp3) is 0.364. The summed E-state index contributed by atoms with van der Waals surface area (Å²) in [5, 5.41) is 0. The summed E-state index contributed by atoms with van der Waals surface area (Å²) in [6, 6.07) is 14.8. The summed E-state index contributed by atoms with van der Waals surface area (Å²) in [7, 11) is 4.30. The van der Waals surface area contributed by atoms with Crippen LogP contribution in [0, 0.1) is 0 Å². The number of carbonyl (C=O) groups is 2. The molecule has 5 heteroatoms. The van der Waals surface area contributed by atoms with Gasteiger partial charge in [0.2, 0.25) is 0 Å². The van der Waals surface area contributed by atoms with E-state index in [0.717, 1.165) is 17.6 Å². The molecule has 0 fully saturated rings. The van der Waals surface area contributed by atoms with Gasteiger partial charge < -0.3 is 14.3 Å². The van der Waals surface area contributed by atoms with Crippen molar-refractivity contribution < 1.29 is 14.1 Å². The van der Waals surface area contributed by atoms with Gasteiger partial charge in [-0.15, -0.1) is 0 Å². The first-order valence-corrected chi connectivity index (χ1v) is 9.53. The Morgan fingerprint density at radius 1 is 0.778 bits per heavy atom. The summed E-state index contributed by atoms with van der Waals surface area (Å²) in [6.45, 7) is 6.93. The molecule has 142 valence electrons. The number of rotatable bonds is 5. The zero-order chi connectivity index (χ0) is 19.6. The third kappa shape index (κ3) is 3.60. The monoisotopic (exact) mass is 366 g/mol. The fourth-order valence-corrected chi connectivity index (χ4v) is 3.35. The van der Waals surface area contributed by atoms with Crippen molar-refractivity contribution in [1.29, 1.82) is 0 Å². The van der Waals surface area contributed by atoms with Gasteiger partial charge in [0.1, 0.15) is 0 Å². The van der Waals surface area contributed by atoms with Gasteiger partial charge in [-0.1, -0.05) is 24.3 Å². The van der Waals surface area contributed by atoms with Crippen LogP contribution in [0.15, 0.2) is 48.5 Å². The number of nitrogens with zero attached hydrogens (tertiary/aromatic N) is 3. The van der Waals surface area contributed by atoms with Crippen molar-refractivity contribution in [1.82, 2.24) is 0 Å². The molecule has 2 aromatic rings. The highest BCUT2D eigenvalue weighted by Crippen LogP contribution is 2.32. The molecule has 0 saturated carbocycles. The molecule has 0 aliphatic carbocycles. The number of anilines is 2. The summed E-state index contributed by atoms with van der Waals surface area (Å²) < 4.78 is 0.808. The van der Waals surface area contributed by atoms with E-state index >= 15 is 0 Å². The van der Waals surface area contributed by atoms with E-state index in [9.17, 15) is 9.59 Å². The molecule has 0 saturated heterocycles. The Hall–Kier alpha value is -2.66. The lowest BCUT2D eigenvalue weighted by Gasteiger charge is -2.35. The van der Waals surface area contributed by atoms with Gasteiger partial charge in [-0.3, -0.25) is 9.59 Å². The number of hydrogen-bond acceptors (Lipinski definition) is 2. The number of para-hydroxylation sites is 2. The molecule has 0 radical (unpaired) electrons. The lowest BCUT2D eigenvalue weighted by molar-refractivity contribution is -0.886. The number of amides is 2. The number of fused-ring (bicyclic) bond motifs is 2. The van der Waals surface area contributed by atoms with Crippen LogP contribution >= 0.6 is 0 Å². The Morgan fingerprint density at radius 3 is 1.78 bits per heavy atom. The number of likely N-dealkylation sites (N-methyl/N-ethyl adjacent to an activating group) is 1. The number of benzene rings is 2. The van der Waals surface area contributed by atoms with Crippen LogP contribution in [0.3, 0.4) is 0 Å². The van der Waals surface area contributed by atoms with Crippen molar-refractivity contribution >= 4 is 23.2 Å². The zero-order valence-corrected chi connectivity index (χ0v) is 16.6. The highest BCUT2D eigenvalue weighted by molar-refractivity contribution is 6.20. The minimum atomic E-state index is -0.0673. The third-order valence-electron chi connectivity index (χ3n) is 5.44. The van der Waals surface area contributed by atoms with Crippen LogP contribution in [0.2, 0.25) is 0 Å². The largest absolute Gasteiger partial charge is 0.327 e. The molecule has 0 bridgehead atoms. The molecule has 0 atom stereocenters. The SMILES string of the molecule is CCN1C(=O)c2ccccc2N(CC[N+](C)(C)CC)C(=O)c2ccccc21. The molecule has 0 spiro atoms. The Labute approximate surface area is 161 Å². The van der Waals surface area contributed by atoms with Crippen molar-refractivity contribution in [2.45, 2.75) is 13.8 Å². The summed E-state index contributed by atoms with van der Waals surface area (Å²) in [5.74, 6) is -0.123. The van der Waals surface area contributed by atoms with Crippen LogP contribution in [0.5, 0.6) is 0 Å². The molecule has 1 aliphatic rings. The highest BCUT2D eigenvalue weighted by Gasteiger charge is 2.32. The van der Waals surface area contributed by atoms with Gasteiger partial charge >= 0.3 is 0 Å². The van der Waals surface area contributed by atoms with Crippen LogP contribution in [0.25, 0.3) is 0 Å². The maximum absolute atomic E-state index is 13.5. The highest BCUT2D eigenvalue weighted by atomic mass is 16.2. The predicted molar refractivity (Wildman–Crippen MR) is 109 cm³/mol. The van der Waals surface area contributed by atoms with Crippen LogP contribution in [0.1, 0.15) is 34.6 Å². The van der Waals surface area contributed by atoms with Gasteiger partial charge in [0.15, 0.2) is 0 Å². The van der Waals surface area contributed by atoms with E-state index in [0.29, 0.717) is 35.6 Å². The third-order valence-corrected chi connectivity index (χ3v) is 5.44. The molecule has 3 rings (SSSR count). The van der Waals surface area contributed by atoms with Crippen molar-refractivity contribution in [2.75, 3.05) is 50.1 Å². The second-order valence-electron chi connectivity index (χ2n) is 7.52. The zero-order valence-electron chi connectivity index (χ0n) is 16.6. The van der Waals surface area contributed by atoms with Crippen LogP contribution < -0.4 is 9.80 Å². The minimum Gasteiger partial charge on any atom is -0.327 e. The summed E-state index contributed by atoms with van der Waals surface area (Å²) in [5.41, 5.74) is 2.52. The molecular formula is C22H28N3O2+. The number of carbonyl (C=O) groups excluding carboxylic acids is 2. The lowest BCUT2D eigenvalue weighted by atomic mass is 10.0. The van der Waals surface area contributed by atoms with E-state index in [-0.39, 0.29) is 11.8 Å². The molecule has 5 nitrogen and oxygen atoms in total. The van der Waals surface area contributed by atoms with E-state index in [2.05, 4.69) is 21.0 Å². The average molecular weight is 366 g/mol. The molecule has 0 unspecified atom stereocenters. The van der Waals surface area contributed by atoms with Gasteiger partial charge in [-0.05, 0) is 38.1 Å². The number of quaternary nitrogens is 1. The van der Waals surface area contributed by atoms with E-state index in [1.54, 1.807) is 9.80 Å². The second-order valence-corrected chi connectivity index (χ2v) is 7.52. The van der Waals surface area contributed by atoms with Crippen molar-refractivity contribution in [3.63, 3.8) is 0 Å². The molecule has 0 N–H and O–H groups in total. The first-order valence-electron chi connectivity index (χ1n) is 9.53. The second kappa shape index (κ2) is 7.53. The topological polar surface area (TPSA) is 40.6 Å². The summed E-state index contributed by atoms with van der Waals surface area (Å²) >= 11 is 0. The van der Waals surface area contributed by atoms with Crippen molar-refractivity contribution in [2.24, 2.45) is 0 Å². The quantitative estimate of drug-likeness (QED) is 0.761. The van der Waals surface area contributed by atoms with E-state index in [1.165, 1.54) is 0 Å². The Morgan fingerprint density at radius 2 is 1.26 bits per heavy atom. The molecule has 0 aromatic heterocycles. The summed E-state index contributed by atoms with van der Waals surface area (Å²) in [6.07, 6.45) is 0. The Kier molecular flexibility index (Phi) is 5.33. The molecule has 2 amide bonds. The fourth-order valence-electron chi connectivity index (χ4n) is 3.35. The summed E-state index contributed by atoms with van der Waals surface area (Å²) in [4.78, 5) is 30.2. The van der Waals surface area contributed by atoms with Crippen molar-refractivity contribution in [3.8, 4) is 0 Å². The normalized spacial score (nSPS) is 14.5. The van der Waals surface area contributed by atoms with Gasteiger partial charge in [0.05, 0.1) is 56.2 Å². The smallest absolute Gasteiger partial charge is 0.260 e. The maximum atomic E-state index is 13.5. The molecule has 27 heavy (non-hydrogen) atoms. The first-order chi connectivity index (χ1) is 12.9. The standard InChI is InChI=1S/C22H28N3O2/c1-5-23-19-13-9-7-11-17(19)22(27)24(15-16-25(3,4)6-2)20-14-10-8-12-18(20)21(23)26/h7-14H,5-6,15-16H2,1-4H3/q+1. The maximum Gasteiger partial charge on any atom is 0.260 e. The molecule has 2 aromatic carbocycles. The Balaban J connectivity index is 2.14. The van der Waals surface area contributed by atoms with Gasteiger partial charge in [0.25, 0.3) is 11.8 Å². The molecule has 1 aliphatic heterocycles. The van der Waals surface area contributed by atoms with Gasteiger partial charge in [-0.25, -0.2) is 0 Å². The van der Waals surface area contributed by atoms with Gasteiger partial charge in [0, 0.05) is 6.54 Å². The minimum absolute atomic E-state index is 0.0555. The van der Waals surface area contributed by atoms with E-state index < -0.39 is 0 Å². The predicted octanol–water partition coefficient (Wildman–Crippen LogP) is 3.41. The van der Waals surface area contributed by atoms with Crippen LogP contribution in [-0.4, -0.2) is 56.6 Å². The van der Waals surface area contributed by atoms with E-state index in [1.807, 2.05) is 55.5 Å². The molecule has 1 heterocycles. The number of hydrogen-bond donors (Lipinski definition) is 0. The van der Waals surface area contributed by atoms with Crippen LogP contribution in [-0.2, 0) is 0 Å². The van der Waals surface area contributed by atoms with Crippen molar-refractivity contribution in [3.05, 3.63) is 59.7 Å². The van der Waals surface area contributed by atoms with E-state index in [4.69, 9.17) is 0 Å². The lowest BCUT2D eigenvalue weighted by Crippen LogP contribution is -2.48.